The maximum atomic E-state index is 12.5. The van der Waals surface area contributed by atoms with Crippen LogP contribution in [0.25, 0.3) is 0 Å². The van der Waals surface area contributed by atoms with Gasteiger partial charge in [-0.2, -0.15) is 0 Å². The molecule has 160 valence electrons. The molecule has 0 N–H and O–H groups in total. The first-order valence-corrected chi connectivity index (χ1v) is 11.6. The normalized spacial score (nSPS) is 18.6. The van der Waals surface area contributed by atoms with Crippen molar-refractivity contribution in [1.29, 1.82) is 0 Å². The number of rotatable bonds is 10. The van der Waals surface area contributed by atoms with Crippen LogP contribution in [0.2, 0.25) is 0 Å². The number of unbranched alkanes of at least 4 members (excludes halogenated alkanes) is 1. The summed E-state index contributed by atoms with van der Waals surface area (Å²) < 4.78 is 5.54. The lowest BCUT2D eigenvalue weighted by Crippen LogP contribution is -2.48. The van der Waals surface area contributed by atoms with Crippen LogP contribution in [-0.2, 0) is 11.3 Å². The maximum absolute atomic E-state index is 12.5. The Morgan fingerprint density at radius 1 is 1.03 bits per heavy atom. The van der Waals surface area contributed by atoms with Crippen molar-refractivity contribution in [2.45, 2.75) is 64.3 Å². The highest BCUT2D eigenvalue weighted by Crippen LogP contribution is 2.28. The van der Waals surface area contributed by atoms with Crippen LogP contribution in [0.4, 0.5) is 0 Å². The molecule has 1 aliphatic heterocycles. The van der Waals surface area contributed by atoms with Crippen LogP contribution in [0.5, 0.6) is 5.75 Å². The Bertz CT molecular complexity index is 614. The Balaban J connectivity index is 1.30. The average Bonchev–Trinajstić information content (AvgIpc) is 2.77. The Labute approximate surface area is 176 Å². The van der Waals surface area contributed by atoms with Crippen LogP contribution in [-0.4, -0.2) is 48.5 Å². The van der Waals surface area contributed by atoms with E-state index in [2.05, 4.69) is 28.5 Å². The van der Waals surface area contributed by atoms with Gasteiger partial charge in [0.15, 0.2) is 0 Å². The lowest BCUT2D eigenvalue weighted by molar-refractivity contribution is -0.133. The van der Waals surface area contributed by atoms with E-state index in [-0.39, 0.29) is 0 Å². The summed E-state index contributed by atoms with van der Waals surface area (Å²) in [4.78, 5) is 17.0. The third kappa shape index (κ3) is 7.50. The fraction of sp³-hybridized carbons (Fsp3) is 0.640. The molecule has 1 aromatic carbocycles. The molecule has 2 aliphatic rings. The summed E-state index contributed by atoms with van der Waals surface area (Å²) in [5.74, 6) is 2.18. The van der Waals surface area contributed by atoms with Crippen LogP contribution >= 0.6 is 0 Å². The van der Waals surface area contributed by atoms with E-state index in [4.69, 9.17) is 4.74 Å². The van der Waals surface area contributed by atoms with Crippen molar-refractivity contribution < 1.29 is 9.53 Å². The van der Waals surface area contributed by atoms with Crippen molar-refractivity contribution in [3.8, 4) is 5.75 Å². The molecule has 0 aromatic heterocycles. The highest BCUT2D eigenvalue weighted by atomic mass is 16.5. The summed E-state index contributed by atoms with van der Waals surface area (Å²) in [5.41, 5.74) is 1.29. The zero-order valence-corrected chi connectivity index (χ0v) is 18.0. The molecular formula is C25H38N2O2. The molecule has 3 rings (SSSR count). The SMILES string of the molecule is C=CCOc1ccc(CN2CCN(C(=O)CCCCC3CCCCC3)CC2)cc1. The van der Waals surface area contributed by atoms with E-state index in [9.17, 15) is 4.79 Å². The number of hydrogen-bond acceptors (Lipinski definition) is 3. The number of benzene rings is 1. The van der Waals surface area contributed by atoms with Crippen LogP contribution in [0.1, 0.15) is 63.4 Å². The fourth-order valence-electron chi connectivity index (χ4n) is 4.60. The van der Waals surface area contributed by atoms with Gasteiger partial charge in [-0.05, 0) is 30.0 Å². The number of piperazine rings is 1. The molecule has 0 bridgehead atoms. The predicted molar refractivity (Wildman–Crippen MR) is 119 cm³/mol. The minimum absolute atomic E-state index is 0.358. The largest absolute Gasteiger partial charge is 0.490 e. The number of ether oxygens (including phenoxy) is 1. The lowest BCUT2D eigenvalue weighted by Gasteiger charge is -2.35. The van der Waals surface area contributed by atoms with Crippen molar-refractivity contribution in [2.24, 2.45) is 5.92 Å². The first-order valence-electron chi connectivity index (χ1n) is 11.6. The van der Waals surface area contributed by atoms with E-state index in [1.165, 1.54) is 50.5 Å². The molecule has 1 amide bonds. The molecule has 1 aliphatic carbocycles. The smallest absolute Gasteiger partial charge is 0.222 e. The van der Waals surface area contributed by atoms with Gasteiger partial charge in [-0.15, -0.1) is 0 Å². The summed E-state index contributed by atoms with van der Waals surface area (Å²) >= 11 is 0. The molecule has 1 saturated carbocycles. The number of hydrogen-bond donors (Lipinski definition) is 0. The minimum Gasteiger partial charge on any atom is -0.490 e. The van der Waals surface area contributed by atoms with Crippen molar-refractivity contribution in [3.05, 3.63) is 42.5 Å². The molecule has 1 aromatic rings. The third-order valence-electron chi connectivity index (χ3n) is 6.40. The van der Waals surface area contributed by atoms with Crippen molar-refractivity contribution in [2.75, 3.05) is 32.8 Å². The summed E-state index contributed by atoms with van der Waals surface area (Å²) in [6.07, 6.45) is 13.2. The van der Waals surface area contributed by atoms with Crippen molar-refractivity contribution in [1.82, 2.24) is 9.80 Å². The van der Waals surface area contributed by atoms with Crippen LogP contribution in [0.3, 0.4) is 0 Å². The second-order valence-electron chi connectivity index (χ2n) is 8.65. The monoisotopic (exact) mass is 398 g/mol. The number of carbonyl (C=O) groups excluding carboxylic acids is 1. The molecule has 2 fully saturated rings. The molecule has 0 atom stereocenters. The summed E-state index contributed by atoms with van der Waals surface area (Å²) in [6, 6.07) is 8.29. The zero-order valence-electron chi connectivity index (χ0n) is 18.0. The zero-order chi connectivity index (χ0) is 20.3. The Morgan fingerprint density at radius 2 is 1.76 bits per heavy atom. The molecule has 29 heavy (non-hydrogen) atoms. The van der Waals surface area contributed by atoms with Crippen LogP contribution in [0.15, 0.2) is 36.9 Å². The van der Waals surface area contributed by atoms with Gasteiger partial charge < -0.3 is 9.64 Å². The van der Waals surface area contributed by atoms with E-state index in [1.807, 2.05) is 12.1 Å². The number of amides is 1. The van der Waals surface area contributed by atoms with Gasteiger partial charge in [0.05, 0.1) is 0 Å². The standard InChI is InChI=1S/C25H38N2O2/c1-2-20-29-24-14-12-23(13-15-24)21-26-16-18-27(19-17-26)25(28)11-7-6-10-22-8-4-3-5-9-22/h2,12-15,22H,1,3-11,16-21H2. The first-order chi connectivity index (χ1) is 14.2. The lowest BCUT2D eigenvalue weighted by atomic mass is 9.85. The van der Waals surface area contributed by atoms with Gasteiger partial charge in [-0.3, -0.25) is 9.69 Å². The molecule has 4 heteroatoms. The Hall–Kier alpha value is -1.81. The topological polar surface area (TPSA) is 32.8 Å². The van der Waals surface area contributed by atoms with Gasteiger partial charge >= 0.3 is 0 Å². The van der Waals surface area contributed by atoms with Gasteiger partial charge in [-0.25, -0.2) is 0 Å². The number of carbonyl (C=O) groups is 1. The highest BCUT2D eigenvalue weighted by molar-refractivity contribution is 5.76. The van der Waals surface area contributed by atoms with E-state index in [0.29, 0.717) is 12.5 Å². The number of nitrogens with zero attached hydrogens (tertiary/aromatic N) is 2. The van der Waals surface area contributed by atoms with Gasteiger partial charge in [0.2, 0.25) is 5.91 Å². The van der Waals surface area contributed by atoms with Crippen molar-refractivity contribution in [3.63, 3.8) is 0 Å². The summed E-state index contributed by atoms with van der Waals surface area (Å²) in [7, 11) is 0. The second kappa shape index (κ2) is 12.0. The fourth-order valence-corrected chi connectivity index (χ4v) is 4.60. The van der Waals surface area contributed by atoms with Crippen LogP contribution < -0.4 is 4.74 Å². The van der Waals surface area contributed by atoms with Crippen LogP contribution in [0, 0.1) is 5.92 Å². The first kappa shape index (κ1) is 21.9. The van der Waals surface area contributed by atoms with E-state index < -0.39 is 0 Å². The molecule has 1 saturated heterocycles. The molecular weight excluding hydrogens is 360 g/mol. The van der Waals surface area contributed by atoms with E-state index in [0.717, 1.165) is 57.2 Å². The maximum Gasteiger partial charge on any atom is 0.222 e. The minimum atomic E-state index is 0.358. The third-order valence-corrected chi connectivity index (χ3v) is 6.40. The molecule has 0 spiro atoms. The molecule has 0 unspecified atom stereocenters. The quantitative estimate of drug-likeness (QED) is 0.409. The van der Waals surface area contributed by atoms with Gasteiger partial charge in [0.1, 0.15) is 12.4 Å². The molecule has 4 nitrogen and oxygen atoms in total. The molecule has 0 radical (unpaired) electrons. The predicted octanol–water partition coefficient (Wildman–Crippen LogP) is 5.04. The molecule has 1 heterocycles. The second-order valence-corrected chi connectivity index (χ2v) is 8.65. The van der Waals surface area contributed by atoms with Gasteiger partial charge in [0, 0.05) is 39.1 Å². The van der Waals surface area contributed by atoms with E-state index >= 15 is 0 Å². The summed E-state index contributed by atoms with van der Waals surface area (Å²) in [5, 5.41) is 0. The van der Waals surface area contributed by atoms with Gasteiger partial charge in [-0.1, -0.05) is 69.7 Å². The Kier molecular flexibility index (Phi) is 9.07. The van der Waals surface area contributed by atoms with Gasteiger partial charge in [0.25, 0.3) is 0 Å². The Morgan fingerprint density at radius 3 is 2.45 bits per heavy atom. The summed E-state index contributed by atoms with van der Waals surface area (Å²) in [6.45, 7) is 8.79. The van der Waals surface area contributed by atoms with E-state index in [1.54, 1.807) is 6.08 Å². The highest BCUT2D eigenvalue weighted by Gasteiger charge is 2.21. The average molecular weight is 399 g/mol. The van der Waals surface area contributed by atoms with Crippen molar-refractivity contribution >= 4 is 5.91 Å².